The fourth-order valence-electron chi connectivity index (χ4n) is 1.98. The van der Waals surface area contributed by atoms with Crippen molar-refractivity contribution >= 4 is 11.5 Å². The molecule has 17 heavy (non-hydrogen) atoms. The summed E-state index contributed by atoms with van der Waals surface area (Å²) in [4.78, 5) is 6.60. The molecule has 0 unspecified atom stereocenters. The maximum atomic E-state index is 4.55. The van der Waals surface area contributed by atoms with E-state index in [1.54, 1.807) is 0 Å². The van der Waals surface area contributed by atoms with Crippen LogP contribution in [0, 0.1) is 6.92 Å². The largest absolute Gasteiger partial charge is 0.363 e. The van der Waals surface area contributed by atoms with E-state index in [0.717, 1.165) is 17.3 Å². The highest BCUT2D eigenvalue weighted by atomic mass is 15.4. The van der Waals surface area contributed by atoms with Crippen LogP contribution in [0.25, 0.3) is 5.65 Å². The first-order chi connectivity index (χ1) is 7.80. The Morgan fingerprint density at radius 1 is 1.18 bits per heavy atom. The van der Waals surface area contributed by atoms with E-state index in [9.17, 15) is 0 Å². The van der Waals surface area contributed by atoms with Gasteiger partial charge in [-0.2, -0.15) is 4.52 Å². The molecule has 0 aliphatic carbocycles. The van der Waals surface area contributed by atoms with Gasteiger partial charge >= 0.3 is 0 Å². The van der Waals surface area contributed by atoms with Gasteiger partial charge in [-0.25, -0.2) is 4.98 Å². The number of aryl methyl sites for hydroxylation is 1. The first-order valence-electron chi connectivity index (χ1n) is 5.85. The monoisotopic (exact) mass is 232 g/mol. The third kappa shape index (κ3) is 1.99. The van der Waals surface area contributed by atoms with Crippen LogP contribution in [0.3, 0.4) is 0 Å². The fraction of sp³-hybridized carbons (Fsp3) is 0.538. The SMILES string of the molecule is Cc1nc2c(C(C)(C)C)ccc(N(C)C)n2n1. The molecule has 2 aromatic heterocycles. The van der Waals surface area contributed by atoms with Gasteiger partial charge in [0, 0.05) is 19.7 Å². The Morgan fingerprint density at radius 2 is 1.82 bits per heavy atom. The molecule has 0 spiro atoms. The molecule has 0 saturated heterocycles. The molecule has 4 nitrogen and oxygen atoms in total. The third-order valence-electron chi connectivity index (χ3n) is 2.84. The van der Waals surface area contributed by atoms with Gasteiger partial charge in [-0.3, -0.25) is 0 Å². The van der Waals surface area contributed by atoms with Gasteiger partial charge in [-0.05, 0) is 18.4 Å². The molecule has 2 aromatic rings. The number of hydrogen-bond donors (Lipinski definition) is 0. The van der Waals surface area contributed by atoms with Crippen LogP contribution in [0.1, 0.15) is 32.2 Å². The molecule has 0 atom stereocenters. The Hall–Kier alpha value is -1.58. The van der Waals surface area contributed by atoms with Crippen molar-refractivity contribution < 1.29 is 0 Å². The number of rotatable bonds is 1. The van der Waals surface area contributed by atoms with Gasteiger partial charge < -0.3 is 4.90 Å². The molecule has 0 fully saturated rings. The van der Waals surface area contributed by atoms with Crippen LogP contribution in [0.15, 0.2) is 12.1 Å². The van der Waals surface area contributed by atoms with E-state index in [-0.39, 0.29) is 5.41 Å². The van der Waals surface area contributed by atoms with Gasteiger partial charge in [0.15, 0.2) is 5.65 Å². The Balaban J connectivity index is 2.79. The van der Waals surface area contributed by atoms with E-state index in [0.29, 0.717) is 0 Å². The predicted molar refractivity (Wildman–Crippen MR) is 70.8 cm³/mol. The quantitative estimate of drug-likeness (QED) is 0.757. The minimum absolute atomic E-state index is 0.0750. The van der Waals surface area contributed by atoms with Gasteiger partial charge in [0.2, 0.25) is 0 Å². The van der Waals surface area contributed by atoms with Gasteiger partial charge in [-0.15, -0.1) is 5.10 Å². The number of hydrogen-bond acceptors (Lipinski definition) is 3. The second kappa shape index (κ2) is 3.72. The maximum Gasteiger partial charge on any atom is 0.161 e. The minimum Gasteiger partial charge on any atom is -0.363 e. The highest BCUT2D eigenvalue weighted by Gasteiger charge is 2.20. The first kappa shape index (κ1) is 11.9. The number of nitrogens with zero attached hydrogens (tertiary/aromatic N) is 4. The van der Waals surface area contributed by atoms with E-state index >= 15 is 0 Å². The number of anilines is 1. The molecule has 0 saturated carbocycles. The zero-order valence-electron chi connectivity index (χ0n) is 11.4. The van der Waals surface area contributed by atoms with Crippen molar-refractivity contribution in [3.63, 3.8) is 0 Å². The van der Waals surface area contributed by atoms with Crippen LogP contribution >= 0.6 is 0 Å². The van der Waals surface area contributed by atoms with Crippen LogP contribution in [0.5, 0.6) is 0 Å². The molecule has 2 rings (SSSR count). The zero-order valence-corrected chi connectivity index (χ0v) is 11.4. The number of fused-ring (bicyclic) bond motifs is 1. The van der Waals surface area contributed by atoms with Crippen LogP contribution in [0.2, 0.25) is 0 Å². The van der Waals surface area contributed by atoms with Crippen molar-refractivity contribution in [1.29, 1.82) is 0 Å². The third-order valence-corrected chi connectivity index (χ3v) is 2.84. The van der Waals surface area contributed by atoms with Crippen molar-refractivity contribution in [2.24, 2.45) is 0 Å². The summed E-state index contributed by atoms with van der Waals surface area (Å²) in [7, 11) is 4.03. The topological polar surface area (TPSA) is 33.4 Å². The first-order valence-corrected chi connectivity index (χ1v) is 5.85. The average molecular weight is 232 g/mol. The van der Waals surface area contributed by atoms with Crippen molar-refractivity contribution in [3.8, 4) is 0 Å². The smallest absolute Gasteiger partial charge is 0.161 e. The molecular weight excluding hydrogens is 212 g/mol. The highest BCUT2D eigenvalue weighted by molar-refractivity contribution is 5.57. The molecule has 0 aliphatic heterocycles. The maximum absolute atomic E-state index is 4.55. The van der Waals surface area contributed by atoms with E-state index in [1.807, 2.05) is 30.4 Å². The number of aromatic nitrogens is 3. The Labute approximate surface area is 102 Å². The van der Waals surface area contributed by atoms with E-state index in [4.69, 9.17) is 0 Å². The highest BCUT2D eigenvalue weighted by Crippen LogP contribution is 2.28. The summed E-state index contributed by atoms with van der Waals surface area (Å²) in [6, 6.07) is 4.25. The molecule has 0 N–H and O–H groups in total. The van der Waals surface area contributed by atoms with Crippen molar-refractivity contribution in [2.75, 3.05) is 19.0 Å². The van der Waals surface area contributed by atoms with Crippen molar-refractivity contribution in [1.82, 2.24) is 14.6 Å². The standard InChI is InChI=1S/C13H20N4/c1-9-14-12-10(13(2,3)4)7-8-11(16(5)6)17(12)15-9/h7-8H,1-6H3. The molecule has 0 bridgehead atoms. The average Bonchev–Trinajstić information content (AvgIpc) is 2.54. The molecule has 0 amide bonds. The molecule has 4 heteroatoms. The summed E-state index contributed by atoms with van der Waals surface area (Å²) in [5, 5.41) is 4.47. The Bertz CT molecular complexity index is 546. The summed E-state index contributed by atoms with van der Waals surface area (Å²) >= 11 is 0. The fourth-order valence-corrected chi connectivity index (χ4v) is 1.98. The van der Waals surface area contributed by atoms with Crippen LogP contribution < -0.4 is 4.90 Å². The van der Waals surface area contributed by atoms with Crippen molar-refractivity contribution in [2.45, 2.75) is 33.1 Å². The summed E-state index contributed by atoms with van der Waals surface area (Å²) in [5.74, 6) is 1.86. The molecule has 2 heterocycles. The van der Waals surface area contributed by atoms with E-state index in [2.05, 4.69) is 43.0 Å². The molecule has 92 valence electrons. The zero-order chi connectivity index (χ0) is 12.8. The van der Waals surface area contributed by atoms with Gasteiger partial charge in [0.1, 0.15) is 11.6 Å². The van der Waals surface area contributed by atoms with Crippen LogP contribution in [0.4, 0.5) is 5.82 Å². The second-order valence-electron chi connectivity index (χ2n) is 5.64. The molecule has 0 radical (unpaired) electrons. The molecular formula is C13H20N4. The molecule has 0 aliphatic rings. The minimum atomic E-state index is 0.0750. The van der Waals surface area contributed by atoms with E-state index in [1.165, 1.54) is 5.56 Å². The van der Waals surface area contributed by atoms with Crippen LogP contribution in [-0.2, 0) is 5.41 Å². The Kier molecular flexibility index (Phi) is 2.60. The predicted octanol–water partition coefficient (Wildman–Crippen LogP) is 2.40. The summed E-state index contributed by atoms with van der Waals surface area (Å²) < 4.78 is 1.93. The normalized spacial score (nSPS) is 12.1. The van der Waals surface area contributed by atoms with Crippen molar-refractivity contribution in [3.05, 3.63) is 23.5 Å². The lowest BCUT2D eigenvalue weighted by atomic mass is 9.88. The van der Waals surface area contributed by atoms with Gasteiger partial charge in [0.25, 0.3) is 0 Å². The second-order valence-corrected chi connectivity index (χ2v) is 5.64. The van der Waals surface area contributed by atoms with Crippen LogP contribution in [-0.4, -0.2) is 28.7 Å². The summed E-state index contributed by atoms with van der Waals surface area (Å²) in [5.41, 5.74) is 2.26. The lowest BCUT2D eigenvalue weighted by molar-refractivity contribution is 0.590. The lowest BCUT2D eigenvalue weighted by Crippen LogP contribution is -2.18. The summed E-state index contributed by atoms with van der Waals surface area (Å²) in [6.07, 6.45) is 0. The van der Waals surface area contributed by atoms with Gasteiger partial charge in [-0.1, -0.05) is 26.8 Å². The summed E-state index contributed by atoms with van der Waals surface area (Å²) in [6.45, 7) is 8.52. The van der Waals surface area contributed by atoms with Gasteiger partial charge in [0.05, 0.1) is 0 Å². The van der Waals surface area contributed by atoms with E-state index < -0.39 is 0 Å². The number of pyridine rings is 1. The lowest BCUT2D eigenvalue weighted by Gasteiger charge is -2.21. The molecule has 0 aromatic carbocycles. The Morgan fingerprint density at radius 3 is 2.35 bits per heavy atom.